The van der Waals surface area contributed by atoms with Crippen molar-refractivity contribution in [3.63, 3.8) is 0 Å². The van der Waals surface area contributed by atoms with Crippen molar-refractivity contribution in [1.82, 2.24) is 9.97 Å². The molecule has 0 aliphatic rings. The van der Waals surface area contributed by atoms with Crippen LogP contribution in [0.25, 0.3) is 0 Å². The average Bonchev–Trinajstić information content (AvgIpc) is 2.49. The number of amides is 1. The van der Waals surface area contributed by atoms with Crippen LogP contribution >= 0.6 is 23.4 Å². The number of aromatic amines is 1. The highest BCUT2D eigenvalue weighted by Crippen LogP contribution is 2.22. The molecule has 122 valence electrons. The largest absolute Gasteiger partial charge is 0.325 e. The molecule has 0 atom stereocenters. The van der Waals surface area contributed by atoms with Crippen molar-refractivity contribution in [1.29, 1.82) is 0 Å². The molecule has 2 aromatic rings. The van der Waals surface area contributed by atoms with Gasteiger partial charge in [0.25, 0.3) is 5.56 Å². The highest BCUT2D eigenvalue weighted by atomic mass is 35.5. The molecule has 2 rings (SSSR count). The normalized spacial score (nSPS) is 10.6. The number of carbonyl (C=O) groups is 1. The minimum Gasteiger partial charge on any atom is -0.325 e. The summed E-state index contributed by atoms with van der Waals surface area (Å²) in [6.07, 6.45) is 2.36. The second kappa shape index (κ2) is 7.66. The molecular weight excluding hydrogens is 334 g/mol. The van der Waals surface area contributed by atoms with E-state index in [2.05, 4.69) is 15.3 Å². The van der Waals surface area contributed by atoms with Crippen molar-refractivity contribution in [3.05, 3.63) is 50.4 Å². The summed E-state index contributed by atoms with van der Waals surface area (Å²) >= 11 is 7.47. The number of aromatic nitrogens is 2. The summed E-state index contributed by atoms with van der Waals surface area (Å²) in [5.41, 5.74) is 2.59. The van der Waals surface area contributed by atoms with Crippen molar-refractivity contribution in [2.45, 2.75) is 31.8 Å². The molecular formula is C16H18ClN3O2S. The van der Waals surface area contributed by atoms with E-state index in [-0.39, 0.29) is 17.9 Å². The minimum absolute atomic E-state index is 0.189. The Bertz CT molecular complexity index is 789. The summed E-state index contributed by atoms with van der Waals surface area (Å²) in [4.78, 5) is 31.1. The average molecular weight is 352 g/mol. The number of carbonyl (C=O) groups excluding carboxylic acids is 1. The number of hydrogen-bond acceptors (Lipinski definition) is 4. The predicted octanol–water partition coefficient (Wildman–Crippen LogP) is 3.33. The molecule has 0 fully saturated rings. The maximum absolute atomic E-state index is 12.1. The Morgan fingerprint density at radius 2 is 2.13 bits per heavy atom. The van der Waals surface area contributed by atoms with Gasteiger partial charge >= 0.3 is 0 Å². The maximum Gasteiger partial charge on any atom is 0.254 e. The molecule has 0 aliphatic heterocycles. The molecule has 1 aromatic heterocycles. The van der Waals surface area contributed by atoms with Gasteiger partial charge in [-0.1, -0.05) is 29.4 Å². The number of anilines is 1. The summed E-state index contributed by atoms with van der Waals surface area (Å²) in [7, 11) is 0. The van der Waals surface area contributed by atoms with Gasteiger partial charge in [0.05, 0.1) is 10.7 Å². The van der Waals surface area contributed by atoms with Crippen molar-refractivity contribution in [2.75, 3.05) is 11.6 Å². The number of thioether (sulfide) groups is 1. The van der Waals surface area contributed by atoms with Gasteiger partial charge in [0.2, 0.25) is 5.91 Å². The molecule has 2 N–H and O–H groups in total. The summed E-state index contributed by atoms with van der Waals surface area (Å²) in [6, 6.07) is 5.43. The second-order valence-corrected chi connectivity index (χ2v) is 6.37. The van der Waals surface area contributed by atoms with Gasteiger partial charge in [0.1, 0.15) is 0 Å². The number of benzene rings is 1. The summed E-state index contributed by atoms with van der Waals surface area (Å²) in [5, 5.41) is 3.84. The molecule has 0 saturated heterocycles. The molecule has 23 heavy (non-hydrogen) atoms. The Balaban J connectivity index is 2.03. The number of rotatable bonds is 5. The third-order valence-electron chi connectivity index (χ3n) is 3.39. The lowest BCUT2D eigenvalue weighted by Crippen LogP contribution is -2.20. The molecule has 0 radical (unpaired) electrons. The first-order valence-corrected chi connectivity index (χ1v) is 8.70. The zero-order chi connectivity index (χ0) is 17.0. The Labute approximate surface area is 143 Å². The van der Waals surface area contributed by atoms with E-state index >= 15 is 0 Å². The highest BCUT2D eigenvalue weighted by Gasteiger charge is 2.11. The number of halogens is 1. The van der Waals surface area contributed by atoms with E-state index < -0.39 is 0 Å². The topological polar surface area (TPSA) is 74.8 Å². The van der Waals surface area contributed by atoms with E-state index in [4.69, 9.17) is 11.6 Å². The SMILES string of the molecule is CSc1nc(C)c(CCC(=O)Nc2ccc(C)cc2Cl)c(=O)[nH]1. The van der Waals surface area contributed by atoms with Crippen LogP contribution in [-0.2, 0) is 11.2 Å². The second-order valence-electron chi connectivity index (χ2n) is 5.17. The van der Waals surface area contributed by atoms with Gasteiger partial charge in [-0.3, -0.25) is 9.59 Å². The van der Waals surface area contributed by atoms with Gasteiger partial charge in [0.15, 0.2) is 5.16 Å². The maximum atomic E-state index is 12.1. The van der Waals surface area contributed by atoms with Crippen molar-refractivity contribution >= 4 is 35.0 Å². The standard InChI is InChI=1S/C16H18ClN3O2S/c1-9-4-6-13(12(17)8-9)19-14(21)7-5-11-10(2)18-16(23-3)20-15(11)22/h4,6,8H,5,7H2,1-3H3,(H,19,21)(H,18,20,22). The van der Waals surface area contributed by atoms with Crippen molar-refractivity contribution < 1.29 is 4.79 Å². The lowest BCUT2D eigenvalue weighted by Gasteiger charge is -2.09. The fourth-order valence-electron chi connectivity index (χ4n) is 2.15. The summed E-state index contributed by atoms with van der Waals surface area (Å²) in [5.74, 6) is -0.191. The van der Waals surface area contributed by atoms with Crippen LogP contribution in [0, 0.1) is 13.8 Å². The number of nitrogens with one attached hydrogen (secondary N) is 2. The Kier molecular flexibility index (Phi) is 5.85. The fraction of sp³-hybridized carbons (Fsp3) is 0.312. The molecule has 1 aromatic carbocycles. The predicted molar refractivity (Wildman–Crippen MR) is 94.5 cm³/mol. The third-order valence-corrected chi connectivity index (χ3v) is 4.29. The van der Waals surface area contributed by atoms with Gasteiger partial charge in [-0.25, -0.2) is 4.98 Å². The zero-order valence-electron chi connectivity index (χ0n) is 13.2. The van der Waals surface area contributed by atoms with Gasteiger partial charge in [-0.05, 0) is 44.2 Å². The molecule has 1 heterocycles. The molecule has 0 spiro atoms. The summed E-state index contributed by atoms with van der Waals surface area (Å²) in [6.45, 7) is 3.71. The first-order chi connectivity index (χ1) is 10.9. The van der Waals surface area contributed by atoms with Crippen LogP contribution in [0.2, 0.25) is 5.02 Å². The van der Waals surface area contributed by atoms with E-state index in [0.717, 1.165) is 5.56 Å². The van der Waals surface area contributed by atoms with E-state index in [0.29, 0.717) is 33.5 Å². The number of H-pyrrole nitrogens is 1. The molecule has 5 nitrogen and oxygen atoms in total. The van der Waals surface area contributed by atoms with Crippen molar-refractivity contribution in [3.8, 4) is 0 Å². The molecule has 0 bridgehead atoms. The molecule has 0 unspecified atom stereocenters. The van der Waals surface area contributed by atoms with Gasteiger partial charge in [-0.2, -0.15) is 0 Å². The van der Waals surface area contributed by atoms with E-state index in [9.17, 15) is 9.59 Å². The number of hydrogen-bond donors (Lipinski definition) is 2. The van der Waals surface area contributed by atoms with Crippen molar-refractivity contribution in [2.24, 2.45) is 0 Å². The van der Waals surface area contributed by atoms with Crippen LogP contribution in [-0.4, -0.2) is 22.1 Å². The highest BCUT2D eigenvalue weighted by molar-refractivity contribution is 7.98. The zero-order valence-corrected chi connectivity index (χ0v) is 14.8. The van der Waals surface area contributed by atoms with E-state index in [1.165, 1.54) is 11.8 Å². The third kappa shape index (κ3) is 4.59. The Morgan fingerprint density at radius 3 is 2.74 bits per heavy atom. The van der Waals surface area contributed by atoms with Crippen LogP contribution in [0.1, 0.15) is 23.2 Å². The molecule has 7 heteroatoms. The van der Waals surface area contributed by atoms with Crippen LogP contribution < -0.4 is 10.9 Å². The quantitative estimate of drug-likeness (QED) is 0.640. The molecule has 1 amide bonds. The monoisotopic (exact) mass is 351 g/mol. The van der Waals surface area contributed by atoms with Crippen LogP contribution in [0.5, 0.6) is 0 Å². The smallest absolute Gasteiger partial charge is 0.254 e. The van der Waals surface area contributed by atoms with Crippen LogP contribution in [0.3, 0.4) is 0 Å². The first-order valence-electron chi connectivity index (χ1n) is 7.10. The molecule has 0 aliphatic carbocycles. The molecule has 0 saturated carbocycles. The lowest BCUT2D eigenvalue weighted by molar-refractivity contribution is -0.116. The minimum atomic E-state index is -0.192. The van der Waals surface area contributed by atoms with Gasteiger partial charge in [0, 0.05) is 17.7 Å². The lowest BCUT2D eigenvalue weighted by atomic mass is 10.1. The summed E-state index contributed by atoms with van der Waals surface area (Å²) < 4.78 is 0. The Morgan fingerprint density at radius 1 is 1.39 bits per heavy atom. The Hall–Kier alpha value is -1.79. The van der Waals surface area contributed by atoms with Crippen LogP contribution in [0.4, 0.5) is 5.69 Å². The van der Waals surface area contributed by atoms with Gasteiger partial charge in [-0.15, -0.1) is 0 Å². The van der Waals surface area contributed by atoms with E-state index in [1.807, 2.05) is 19.2 Å². The van der Waals surface area contributed by atoms with E-state index in [1.54, 1.807) is 19.1 Å². The number of aryl methyl sites for hydroxylation is 2. The van der Waals surface area contributed by atoms with Crippen LogP contribution in [0.15, 0.2) is 28.2 Å². The van der Waals surface area contributed by atoms with Gasteiger partial charge < -0.3 is 10.3 Å². The first kappa shape index (κ1) is 17.6. The number of nitrogens with zero attached hydrogens (tertiary/aromatic N) is 1. The fourth-order valence-corrected chi connectivity index (χ4v) is 2.85.